The third-order valence-electron chi connectivity index (χ3n) is 3.16. The minimum Gasteiger partial charge on any atom is -0.497 e. The second kappa shape index (κ2) is 5.79. The average molecular weight is 284 g/mol. The molecule has 1 fully saturated rings. The van der Waals surface area contributed by atoms with Gasteiger partial charge in [-0.15, -0.1) is 0 Å². The standard InChI is InChI=1S/C13H20N2O3S/c1-18-12-5-2-4-11(10-12)15(9-3-8-14)19(16,17)13-6-7-13/h2,4-5,10,13H,3,6-9,14H2,1H3. The molecule has 106 valence electrons. The molecule has 0 bridgehead atoms. The van der Waals surface area contributed by atoms with E-state index in [4.69, 9.17) is 10.5 Å². The summed E-state index contributed by atoms with van der Waals surface area (Å²) in [6.07, 6.45) is 2.15. The zero-order valence-electron chi connectivity index (χ0n) is 11.1. The van der Waals surface area contributed by atoms with Crippen LogP contribution in [0.2, 0.25) is 0 Å². The molecular weight excluding hydrogens is 264 g/mol. The molecule has 2 rings (SSSR count). The molecule has 2 N–H and O–H groups in total. The van der Waals surface area contributed by atoms with E-state index in [2.05, 4.69) is 0 Å². The van der Waals surface area contributed by atoms with Crippen LogP contribution in [0.3, 0.4) is 0 Å². The van der Waals surface area contributed by atoms with Crippen molar-refractivity contribution in [3.8, 4) is 5.75 Å². The van der Waals surface area contributed by atoms with E-state index in [1.54, 1.807) is 31.4 Å². The van der Waals surface area contributed by atoms with Gasteiger partial charge in [-0.25, -0.2) is 8.42 Å². The molecule has 0 atom stereocenters. The van der Waals surface area contributed by atoms with Gasteiger partial charge in [0.25, 0.3) is 0 Å². The summed E-state index contributed by atoms with van der Waals surface area (Å²) >= 11 is 0. The highest BCUT2D eigenvalue weighted by molar-refractivity contribution is 7.93. The molecule has 0 heterocycles. The molecule has 5 nitrogen and oxygen atoms in total. The molecule has 19 heavy (non-hydrogen) atoms. The van der Waals surface area contributed by atoms with E-state index < -0.39 is 10.0 Å². The third-order valence-corrected chi connectivity index (χ3v) is 5.48. The first kappa shape index (κ1) is 14.1. The van der Waals surface area contributed by atoms with Gasteiger partial charge in [-0.05, 0) is 37.9 Å². The molecule has 1 aliphatic rings. The highest BCUT2D eigenvalue weighted by Crippen LogP contribution is 2.34. The van der Waals surface area contributed by atoms with E-state index in [-0.39, 0.29) is 5.25 Å². The summed E-state index contributed by atoms with van der Waals surface area (Å²) in [6.45, 7) is 0.892. The van der Waals surface area contributed by atoms with Crippen molar-refractivity contribution >= 4 is 15.7 Å². The van der Waals surface area contributed by atoms with Crippen molar-refractivity contribution in [2.75, 3.05) is 24.5 Å². The fraction of sp³-hybridized carbons (Fsp3) is 0.538. The average Bonchev–Trinajstić information content (AvgIpc) is 3.24. The first-order valence-corrected chi connectivity index (χ1v) is 7.95. The predicted octanol–water partition coefficient (Wildman–Crippen LogP) is 1.34. The Morgan fingerprint density at radius 3 is 2.74 bits per heavy atom. The van der Waals surface area contributed by atoms with Gasteiger partial charge in [0.1, 0.15) is 5.75 Å². The molecule has 0 aromatic heterocycles. The maximum Gasteiger partial charge on any atom is 0.238 e. The van der Waals surface area contributed by atoms with Crippen LogP contribution in [0.25, 0.3) is 0 Å². The summed E-state index contributed by atoms with van der Waals surface area (Å²) < 4.78 is 31.5. The van der Waals surface area contributed by atoms with E-state index in [1.165, 1.54) is 4.31 Å². The summed E-state index contributed by atoms with van der Waals surface area (Å²) in [5.41, 5.74) is 6.15. The Balaban J connectivity index is 2.30. The van der Waals surface area contributed by atoms with Gasteiger partial charge in [-0.1, -0.05) is 6.07 Å². The Bertz CT molecular complexity index is 526. The smallest absolute Gasteiger partial charge is 0.238 e. The van der Waals surface area contributed by atoms with Crippen molar-refractivity contribution in [2.45, 2.75) is 24.5 Å². The minimum absolute atomic E-state index is 0.225. The highest BCUT2D eigenvalue weighted by Gasteiger charge is 2.40. The quantitative estimate of drug-likeness (QED) is 0.820. The van der Waals surface area contributed by atoms with E-state index in [1.807, 2.05) is 0 Å². The van der Waals surface area contributed by atoms with E-state index in [9.17, 15) is 8.42 Å². The van der Waals surface area contributed by atoms with Gasteiger partial charge in [0.05, 0.1) is 18.0 Å². The van der Waals surface area contributed by atoms with Crippen molar-refractivity contribution in [2.24, 2.45) is 5.73 Å². The highest BCUT2D eigenvalue weighted by atomic mass is 32.2. The lowest BCUT2D eigenvalue weighted by Crippen LogP contribution is -2.35. The largest absolute Gasteiger partial charge is 0.497 e. The lowest BCUT2D eigenvalue weighted by Gasteiger charge is -2.24. The number of nitrogens with two attached hydrogens (primary N) is 1. The molecule has 1 aromatic carbocycles. The molecule has 6 heteroatoms. The predicted molar refractivity (Wildman–Crippen MR) is 76.0 cm³/mol. The van der Waals surface area contributed by atoms with Crippen LogP contribution < -0.4 is 14.8 Å². The number of hydrogen-bond acceptors (Lipinski definition) is 4. The summed E-state index contributed by atoms with van der Waals surface area (Å²) in [5.74, 6) is 0.654. The monoisotopic (exact) mass is 284 g/mol. The number of sulfonamides is 1. The van der Waals surface area contributed by atoms with Gasteiger partial charge in [0, 0.05) is 12.6 Å². The Morgan fingerprint density at radius 2 is 2.16 bits per heavy atom. The lowest BCUT2D eigenvalue weighted by molar-refractivity contribution is 0.415. The van der Waals surface area contributed by atoms with E-state index >= 15 is 0 Å². The lowest BCUT2D eigenvalue weighted by atomic mass is 10.3. The number of nitrogens with zero attached hydrogens (tertiary/aromatic N) is 1. The SMILES string of the molecule is COc1cccc(N(CCCN)S(=O)(=O)C2CC2)c1. The van der Waals surface area contributed by atoms with Crippen molar-refractivity contribution in [1.29, 1.82) is 0 Å². The van der Waals surface area contributed by atoms with Crippen LogP contribution in [0.15, 0.2) is 24.3 Å². The number of anilines is 1. The van der Waals surface area contributed by atoms with Gasteiger partial charge in [-0.3, -0.25) is 4.31 Å². The van der Waals surface area contributed by atoms with Crippen molar-refractivity contribution < 1.29 is 13.2 Å². The molecule has 1 aliphatic carbocycles. The second-order valence-electron chi connectivity index (χ2n) is 4.66. The Labute approximate surface area is 114 Å². The number of methoxy groups -OCH3 is 1. The molecule has 0 spiro atoms. The van der Waals surface area contributed by atoms with Crippen LogP contribution in [0, 0.1) is 0 Å². The molecular formula is C13H20N2O3S. The van der Waals surface area contributed by atoms with E-state index in [0.717, 1.165) is 12.8 Å². The molecule has 0 unspecified atom stereocenters. The first-order valence-electron chi connectivity index (χ1n) is 6.45. The Morgan fingerprint density at radius 1 is 1.42 bits per heavy atom. The minimum atomic E-state index is -3.26. The first-order chi connectivity index (χ1) is 9.09. The van der Waals surface area contributed by atoms with Gasteiger partial charge in [-0.2, -0.15) is 0 Å². The fourth-order valence-corrected chi connectivity index (χ4v) is 3.83. The summed E-state index contributed by atoms with van der Waals surface area (Å²) in [4.78, 5) is 0. The van der Waals surface area contributed by atoms with Crippen LogP contribution in [0.4, 0.5) is 5.69 Å². The molecule has 0 radical (unpaired) electrons. The molecule has 1 aromatic rings. The van der Waals surface area contributed by atoms with Gasteiger partial charge >= 0.3 is 0 Å². The summed E-state index contributed by atoms with van der Waals surface area (Å²) in [6, 6.07) is 7.13. The molecule has 0 amide bonds. The molecule has 1 saturated carbocycles. The van der Waals surface area contributed by atoms with Crippen LogP contribution in [-0.4, -0.2) is 33.9 Å². The normalized spacial score (nSPS) is 15.3. The Kier molecular flexibility index (Phi) is 4.31. The zero-order valence-corrected chi connectivity index (χ0v) is 11.9. The second-order valence-corrected chi connectivity index (χ2v) is 6.80. The van der Waals surface area contributed by atoms with Crippen molar-refractivity contribution in [1.82, 2.24) is 0 Å². The van der Waals surface area contributed by atoms with Crippen LogP contribution >= 0.6 is 0 Å². The zero-order chi connectivity index (χ0) is 13.9. The Hall–Kier alpha value is -1.27. The van der Waals surface area contributed by atoms with Crippen molar-refractivity contribution in [3.63, 3.8) is 0 Å². The number of benzene rings is 1. The van der Waals surface area contributed by atoms with Gasteiger partial charge in [0.2, 0.25) is 10.0 Å². The maximum atomic E-state index is 12.4. The summed E-state index contributed by atoms with van der Waals surface area (Å²) in [5, 5.41) is -0.225. The fourth-order valence-electron chi connectivity index (χ4n) is 1.95. The van der Waals surface area contributed by atoms with Crippen LogP contribution in [0.5, 0.6) is 5.75 Å². The van der Waals surface area contributed by atoms with Gasteiger partial charge < -0.3 is 10.5 Å². The number of hydrogen-bond donors (Lipinski definition) is 1. The number of ether oxygens (including phenoxy) is 1. The van der Waals surface area contributed by atoms with E-state index in [0.29, 0.717) is 30.9 Å². The van der Waals surface area contributed by atoms with Crippen molar-refractivity contribution in [3.05, 3.63) is 24.3 Å². The topological polar surface area (TPSA) is 72.6 Å². The molecule has 0 aliphatic heterocycles. The van der Waals surface area contributed by atoms with Gasteiger partial charge in [0.15, 0.2) is 0 Å². The summed E-state index contributed by atoms with van der Waals surface area (Å²) in [7, 11) is -1.69. The maximum absolute atomic E-state index is 12.4. The number of rotatable bonds is 7. The molecule has 0 saturated heterocycles. The third kappa shape index (κ3) is 3.19. The van der Waals surface area contributed by atoms with Crippen LogP contribution in [-0.2, 0) is 10.0 Å². The van der Waals surface area contributed by atoms with Crippen LogP contribution in [0.1, 0.15) is 19.3 Å².